The maximum absolute atomic E-state index is 11.8. The van der Waals surface area contributed by atoms with Gasteiger partial charge < -0.3 is 14.4 Å². The zero-order valence-electron chi connectivity index (χ0n) is 12.4. The van der Waals surface area contributed by atoms with Crippen LogP contribution in [0.3, 0.4) is 0 Å². The van der Waals surface area contributed by atoms with Gasteiger partial charge in [-0.1, -0.05) is 26.2 Å². The van der Waals surface area contributed by atoms with Crippen molar-refractivity contribution < 1.29 is 19.1 Å². The molecule has 0 spiro atoms. The summed E-state index contributed by atoms with van der Waals surface area (Å²) in [6.45, 7) is 7.22. The first-order chi connectivity index (χ1) is 9.77. The maximum Gasteiger partial charge on any atom is 0.409 e. The largest absolute Gasteiger partial charge is 0.467 e. The van der Waals surface area contributed by atoms with Crippen molar-refractivity contribution >= 4 is 12.6 Å². The molecule has 0 aliphatic carbocycles. The minimum Gasteiger partial charge on any atom is -0.467 e. The van der Waals surface area contributed by atoms with Crippen LogP contribution in [0.5, 0.6) is 0 Å². The van der Waals surface area contributed by atoms with Crippen molar-refractivity contribution in [2.24, 2.45) is 0 Å². The summed E-state index contributed by atoms with van der Waals surface area (Å²) in [6, 6.07) is 0. The third-order valence-corrected chi connectivity index (χ3v) is 3.45. The number of ether oxygens (including phenoxy) is 2. The highest BCUT2D eigenvalue weighted by Crippen LogP contribution is 2.05. The van der Waals surface area contributed by atoms with Gasteiger partial charge in [-0.2, -0.15) is 0 Å². The molecule has 0 aromatic heterocycles. The zero-order chi connectivity index (χ0) is 14.6. The molecule has 0 N–H and O–H groups in total. The van der Waals surface area contributed by atoms with Crippen LogP contribution in [0.4, 0.5) is 4.79 Å². The second kappa shape index (κ2) is 10.5. The fourth-order valence-corrected chi connectivity index (χ4v) is 2.16. The molecule has 1 heterocycles. The summed E-state index contributed by atoms with van der Waals surface area (Å²) in [5.74, 6) is 0. The van der Waals surface area contributed by atoms with Crippen LogP contribution < -0.4 is 0 Å². The summed E-state index contributed by atoms with van der Waals surface area (Å²) in [6.07, 6.45) is 4.24. The molecule has 0 bridgehead atoms. The van der Waals surface area contributed by atoms with Gasteiger partial charge in [0.15, 0.2) is 0 Å². The zero-order valence-corrected chi connectivity index (χ0v) is 12.4. The lowest BCUT2D eigenvalue weighted by Crippen LogP contribution is -2.49. The van der Waals surface area contributed by atoms with Gasteiger partial charge in [-0.3, -0.25) is 9.69 Å². The lowest BCUT2D eigenvalue weighted by Gasteiger charge is -2.33. The standard InChI is InChI=1S/C14H26N2O4/c1-2-3-4-5-11-20-14(18)16-8-6-15(7-9-16)10-12-19-13-17/h13H,2-12H2,1H3. The number of carbonyl (C=O) groups excluding carboxylic acids is 2. The minimum atomic E-state index is -0.203. The van der Waals surface area contributed by atoms with E-state index in [1.807, 2.05) is 0 Å². The highest BCUT2D eigenvalue weighted by molar-refractivity contribution is 5.67. The number of amides is 1. The van der Waals surface area contributed by atoms with Crippen molar-refractivity contribution in [3.05, 3.63) is 0 Å². The predicted octanol–water partition coefficient (Wildman–Crippen LogP) is 1.49. The van der Waals surface area contributed by atoms with Crippen molar-refractivity contribution in [2.45, 2.75) is 32.6 Å². The van der Waals surface area contributed by atoms with Crippen molar-refractivity contribution in [2.75, 3.05) is 45.9 Å². The van der Waals surface area contributed by atoms with Crippen LogP contribution in [0.1, 0.15) is 32.6 Å². The average Bonchev–Trinajstić information content (AvgIpc) is 2.48. The molecule has 1 rings (SSSR count). The molecule has 0 atom stereocenters. The molecule has 6 heteroatoms. The first-order valence-electron chi connectivity index (χ1n) is 7.47. The Kier molecular flexibility index (Phi) is 8.78. The van der Waals surface area contributed by atoms with Gasteiger partial charge in [-0.25, -0.2) is 4.79 Å². The Bertz CT molecular complexity index is 278. The van der Waals surface area contributed by atoms with E-state index >= 15 is 0 Å². The highest BCUT2D eigenvalue weighted by Gasteiger charge is 2.21. The average molecular weight is 286 g/mol. The molecular weight excluding hydrogens is 260 g/mol. The molecule has 1 aliphatic rings. The number of carbonyl (C=O) groups is 2. The van der Waals surface area contributed by atoms with Gasteiger partial charge in [0.05, 0.1) is 6.61 Å². The lowest BCUT2D eigenvalue weighted by molar-refractivity contribution is -0.129. The third-order valence-electron chi connectivity index (χ3n) is 3.45. The number of hydrogen-bond acceptors (Lipinski definition) is 5. The first-order valence-corrected chi connectivity index (χ1v) is 7.47. The Labute approximate surface area is 121 Å². The van der Waals surface area contributed by atoms with E-state index in [-0.39, 0.29) is 6.09 Å². The SMILES string of the molecule is CCCCCCOC(=O)N1CCN(CCOC=O)CC1. The molecule has 0 radical (unpaired) electrons. The molecule has 0 saturated carbocycles. The minimum absolute atomic E-state index is 0.203. The van der Waals surface area contributed by atoms with E-state index in [1.54, 1.807) is 4.90 Å². The van der Waals surface area contributed by atoms with Gasteiger partial charge in [0.1, 0.15) is 6.61 Å². The van der Waals surface area contributed by atoms with Gasteiger partial charge in [0.2, 0.25) is 0 Å². The molecule has 1 amide bonds. The van der Waals surface area contributed by atoms with Gasteiger partial charge >= 0.3 is 6.09 Å². The summed E-state index contributed by atoms with van der Waals surface area (Å²) >= 11 is 0. The van der Waals surface area contributed by atoms with Crippen LogP contribution in [0.15, 0.2) is 0 Å². The van der Waals surface area contributed by atoms with Crippen LogP contribution in [-0.2, 0) is 14.3 Å². The van der Waals surface area contributed by atoms with Crippen molar-refractivity contribution in [1.29, 1.82) is 0 Å². The van der Waals surface area contributed by atoms with Gasteiger partial charge in [-0.15, -0.1) is 0 Å². The Morgan fingerprint density at radius 2 is 1.85 bits per heavy atom. The monoisotopic (exact) mass is 286 g/mol. The van der Waals surface area contributed by atoms with Crippen LogP contribution in [0, 0.1) is 0 Å². The Hall–Kier alpha value is -1.30. The van der Waals surface area contributed by atoms with Crippen molar-refractivity contribution in [3.8, 4) is 0 Å². The second-order valence-electron chi connectivity index (χ2n) is 4.97. The predicted molar refractivity (Wildman–Crippen MR) is 75.5 cm³/mol. The topological polar surface area (TPSA) is 59.1 Å². The molecular formula is C14H26N2O4. The molecule has 0 unspecified atom stereocenters. The Balaban J connectivity index is 2.07. The van der Waals surface area contributed by atoms with E-state index in [2.05, 4.69) is 16.6 Å². The first kappa shape index (κ1) is 16.8. The van der Waals surface area contributed by atoms with E-state index in [4.69, 9.17) is 4.74 Å². The van der Waals surface area contributed by atoms with Crippen molar-refractivity contribution in [3.63, 3.8) is 0 Å². The van der Waals surface area contributed by atoms with Crippen LogP contribution >= 0.6 is 0 Å². The molecule has 116 valence electrons. The summed E-state index contributed by atoms with van der Waals surface area (Å²) in [7, 11) is 0. The van der Waals surface area contributed by atoms with Crippen LogP contribution in [0.25, 0.3) is 0 Å². The Morgan fingerprint density at radius 1 is 1.10 bits per heavy atom. The number of piperazine rings is 1. The highest BCUT2D eigenvalue weighted by atomic mass is 16.6. The van der Waals surface area contributed by atoms with Crippen LogP contribution in [0.2, 0.25) is 0 Å². The summed E-state index contributed by atoms with van der Waals surface area (Å²) in [5, 5.41) is 0. The molecule has 20 heavy (non-hydrogen) atoms. The van der Waals surface area contributed by atoms with Gasteiger partial charge in [0, 0.05) is 32.7 Å². The molecule has 0 aromatic carbocycles. The normalized spacial score (nSPS) is 15.9. The summed E-state index contributed by atoms with van der Waals surface area (Å²) in [5.41, 5.74) is 0. The number of hydrogen-bond donors (Lipinski definition) is 0. The van der Waals surface area contributed by atoms with Crippen LogP contribution in [-0.4, -0.2) is 68.3 Å². The number of nitrogens with zero attached hydrogens (tertiary/aromatic N) is 2. The second-order valence-corrected chi connectivity index (χ2v) is 4.97. The Morgan fingerprint density at radius 3 is 2.50 bits per heavy atom. The van der Waals surface area contributed by atoms with Gasteiger partial charge in [-0.05, 0) is 6.42 Å². The number of unbranched alkanes of at least 4 members (excludes halogenated alkanes) is 3. The fourth-order valence-electron chi connectivity index (χ4n) is 2.16. The third kappa shape index (κ3) is 6.75. The van der Waals surface area contributed by atoms with E-state index in [1.165, 1.54) is 12.8 Å². The van der Waals surface area contributed by atoms with E-state index in [0.717, 1.165) is 32.5 Å². The molecule has 6 nitrogen and oxygen atoms in total. The number of rotatable bonds is 9. The lowest BCUT2D eigenvalue weighted by atomic mass is 10.2. The summed E-state index contributed by atoms with van der Waals surface area (Å²) in [4.78, 5) is 25.8. The maximum atomic E-state index is 11.8. The quantitative estimate of drug-likeness (QED) is 0.475. The fraction of sp³-hybridized carbons (Fsp3) is 0.857. The molecule has 1 saturated heterocycles. The van der Waals surface area contributed by atoms with Crippen molar-refractivity contribution in [1.82, 2.24) is 9.80 Å². The summed E-state index contributed by atoms with van der Waals surface area (Å²) < 4.78 is 9.93. The van der Waals surface area contributed by atoms with E-state index < -0.39 is 0 Å². The molecule has 1 fully saturated rings. The van der Waals surface area contributed by atoms with Gasteiger partial charge in [0.25, 0.3) is 6.47 Å². The molecule has 0 aromatic rings. The van der Waals surface area contributed by atoms with E-state index in [9.17, 15) is 9.59 Å². The molecule has 1 aliphatic heterocycles. The smallest absolute Gasteiger partial charge is 0.409 e. The van der Waals surface area contributed by atoms with E-state index in [0.29, 0.717) is 32.8 Å².